The third kappa shape index (κ3) is 2.52. The van der Waals surface area contributed by atoms with E-state index < -0.39 is 0 Å². The average molecular weight is 265 g/mol. The van der Waals surface area contributed by atoms with Crippen LogP contribution in [0.5, 0.6) is 0 Å². The van der Waals surface area contributed by atoms with Gasteiger partial charge >= 0.3 is 0 Å². The molecule has 0 atom stereocenters. The Balaban J connectivity index is 1.69. The molecule has 2 fully saturated rings. The van der Waals surface area contributed by atoms with E-state index >= 15 is 0 Å². The van der Waals surface area contributed by atoms with Gasteiger partial charge in [0.05, 0.1) is 17.5 Å². The number of piperidine rings is 1. The van der Waals surface area contributed by atoms with Gasteiger partial charge in [-0.3, -0.25) is 0 Å². The normalized spacial score (nSPS) is 22.7. The van der Waals surface area contributed by atoms with Crippen molar-refractivity contribution < 1.29 is 9.13 Å². The Labute approximate surface area is 112 Å². The Hall–Kier alpha value is -1.36. The van der Waals surface area contributed by atoms with Gasteiger partial charge in [0.15, 0.2) is 11.6 Å². The van der Waals surface area contributed by atoms with Crippen molar-refractivity contribution in [3.8, 4) is 0 Å². The first kappa shape index (κ1) is 12.7. The highest BCUT2D eigenvalue weighted by Crippen LogP contribution is 2.36. The van der Waals surface area contributed by atoms with Crippen molar-refractivity contribution in [2.24, 2.45) is 0 Å². The summed E-state index contributed by atoms with van der Waals surface area (Å²) in [6.45, 7) is 2.47. The van der Waals surface area contributed by atoms with Crippen LogP contribution in [0.25, 0.3) is 0 Å². The molecule has 1 aromatic heterocycles. The van der Waals surface area contributed by atoms with E-state index in [1.165, 1.54) is 25.1 Å². The van der Waals surface area contributed by atoms with Gasteiger partial charge in [-0.1, -0.05) is 0 Å². The second-order valence-corrected chi connectivity index (χ2v) is 5.55. The van der Waals surface area contributed by atoms with Crippen LogP contribution in [-0.2, 0) is 4.74 Å². The Morgan fingerprint density at radius 2 is 2.05 bits per heavy atom. The van der Waals surface area contributed by atoms with Crippen LogP contribution in [0.1, 0.15) is 32.1 Å². The lowest BCUT2D eigenvalue weighted by Gasteiger charge is -2.44. The topological polar surface area (TPSA) is 51.4 Å². The molecule has 0 amide bonds. The monoisotopic (exact) mass is 265 g/mol. The summed E-state index contributed by atoms with van der Waals surface area (Å²) in [7, 11) is 0. The molecule has 1 spiro atoms. The van der Waals surface area contributed by atoms with E-state index in [1.807, 2.05) is 4.90 Å². The second-order valence-electron chi connectivity index (χ2n) is 5.55. The van der Waals surface area contributed by atoms with Gasteiger partial charge in [0, 0.05) is 25.8 Å². The lowest BCUT2D eigenvalue weighted by atomic mass is 9.84. The van der Waals surface area contributed by atoms with Crippen molar-refractivity contribution in [2.45, 2.75) is 37.7 Å². The number of halogens is 1. The SMILES string of the molecule is Nc1cnc(N2CCC3(CCCCO3)CC2)c(F)c1. The van der Waals surface area contributed by atoms with Gasteiger partial charge in [-0.25, -0.2) is 9.37 Å². The van der Waals surface area contributed by atoms with E-state index in [0.717, 1.165) is 39.0 Å². The lowest BCUT2D eigenvalue weighted by molar-refractivity contribution is -0.0921. The third-order valence-electron chi connectivity index (χ3n) is 4.25. The van der Waals surface area contributed by atoms with E-state index in [0.29, 0.717) is 11.5 Å². The molecule has 0 unspecified atom stereocenters. The first-order chi connectivity index (χ1) is 9.19. The molecule has 0 bridgehead atoms. The van der Waals surface area contributed by atoms with E-state index in [2.05, 4.69) is 4.98 Å². The highest BCUT2D eigenvalue weighted by Gasteiger charge is 2.37. The number of ether oxygens (including phenoxy) is 1. The number of nitrogens with two attached hydrogens (primary N) is 1. The fourth-order valence-corrected chi connectivity index (χ4v) is 3.11. The molecule has 4 nitrogen and oxygen atoms in total. The van der Waals surface area contributed by atoms with E-state index in [-0.39, 0.29) is 11.4 Å². The molecule has 0 aromatic carbocycles. The molecule has 19 heavy (non-hydrogen) atoms. The van der Waals surface area contributed by atoms with Crippen LogP contribution in [-0.4, -0.2) is 30.3 Å². The van der Waals surface area contributed by atoms with Gasteiger partial charge in [0.25, 0.3) is 0 Å². The molecule has 0 aliphatic carbocycles. The number of pyridine rings is 1. The molecule has 2 saturated heterocycles. The maximum Gasteiger partial charge on any atom is 0.167 e. The zero-order chi connectivity index (χ0) is 13.3. The van der Waals surface area contributed by atoms with Gasteiger partial charge in [-0.05, 0) is 32.1 Å². The fraction of sp³-hybridized carbons (Fsp3) is 0.643. The number of rotatable bonds is 1. The molecule has 3 heterocycles. The van der Waals surface area contributed by atoms with Gasteiger partial charge in [0.1, 0.15) is 0 Å². The number of aromatic nitrogens is 1. The molecular weight excluding hydrogens is 245 g/mol. The Morgan fingerprint density at radius 1 is 1.26 bits per heavy atom. The van der Waals surface area contributed by atoms with Crippen LogP contribution < -0.4 is 10.6 Å². The summed E-state index contributed by atoms with van der Waals surface area (Å²) in [6.07, 6.45) is 6.98. The van der Waals surface area contributed by atoms with Crippen LogP contribution in [0.3, 0.4) is 0 Å². The minimum Gasteiger partial charge on any atom is -0.397 e. The Morgan fingerprint density at radius 3 is 2.68 bits per heavy atom. The highest BCUT2D eigenvalue weighted by molar-refractivity contribution is 5.47. The summed E-state index contributed by atoms with van der Waals surface area (Å²) >= 11 is 0. The van der Waals surface area contributed by atoms with Crippen molar-refractivity contribution in [3.63, 3.8) is 0 Å². The van der Waals surface area contributed by atoms with Crippen LogP contribution in [0, 0.1) is 5.82 Å². The predicted octanol–water partition coefficient (Wildman–Crippen LogP) is 2.34. The Bertz CT molecular complexity index is 450. The first-order valence-corrected chi connectivity index (χ1v) is 6.99. The number of hydrogen-bond acceptors (Lipinski definition) is 4. The molecule has 1 aromatic rings. The van der Waals surface area contributed by atoms with E-state index in [9.17, 15) is 4.39 Å². The zero-order valence-corrected chi connectivity index (χ0v) is 11.1. The summed E-state index contributed by atoms with van der Waals surface area (Å²) in [4.78, 5) is 6.12. The fourth-order valence-electron chi connectivity index (χ4n) is 3.11. The molecule has 2 aliphatic rings. The first-order valence-electron chi connectivity index (χ1n) is 6.99. The molecular formula is C14H20FN3O. The minimum atomic E-state index is -0.333. The van der Waals surface area contributed by atoms with Crippen LogP contribution in [0.2, 0.25) is 0 Å². The van der Waals surface area contributed by atoms with Crippen LogP contribution in [0.15, 0.2) is 12.3 Å². The maximum atomic E-state index is 13.9. The molecule has 2 N–H and O–H groups in total. The predicted molar refractivity (Wildman–Crippen MR) is 72.6 cm³/mol. The van der Waals surface area contributed by atoms with Crippen molar-refractivity contribution in [2.75, 3.05) is 30.3 Å². The van der Waals surface area contributed by atoms with E-state index in [1.54, 1.807) is 0 Å². The largest absolute Gasteiger partial charge is 0.397 e. The standard InChI is InChI=1S/C14H20FN3O/c15-12-9-11(16)10-17-13(12)18-6-4-14(5-7-18)3-1-2-8-19-14/h9-10H,1-8,16H2. The van der Waals surface area contributed by atoms with Crippen LogP contribution >= 0.6 is 0 Å². The summed E-state index contributed by atoms with van der Waals surface area (Å²) in [5.74, 6) is 0.0837. The highest BCUT2D eigenvalue weighted by atomic mass is 19.1. The maximum absolute atomic E-state index is 13.9. The molecule has 5 heteroatoms. The molecule has 104 valence electrons. The number of anilines is 2. The Kier molecular flexibility index (Phi) is 3.31. The number of nitrogens with zero attached hydrogens (tertiary/aromatic N) is 2. The van der Waals surface area contributed by atoms with Crippen LogP contribution in [0.4, 0.5) is 15.9 Å². The third-order valence-corrected chi connectivity index (χ3v) is 4.25. The summed E-state index contributed by atoms with van der Waals surface area (Å²) in [5, 5.41) is 0. The van der Waals surface area contributed by atoms with Crippen molar-refractivity contribution in [3.05, 3.63) is 18.1 Å². The van der Waals surface area contributed by atoms with Gasteiger partial charge in [0.2, 0.25) is 0 Å². The number of nitrogen functional groups attached to an aromatic ring is 1. The lowest BCUT2D eigenvalue weighted by Crippen LogP contribution is -2.48. The van der Waals surface area contributed by atoms with E-state index in [4.69, 9.17) is 10.5 Å². The summed E-state index contributed by atoms with van der Waals surface area (Å²) in [5.41, 5.74) is 5.93. The second kappa shape index (κ2) is 4.96. The van der Waals surface area contributed by atoms with Crippen molar-refractivity contribution in [1.29, 1.82) is 0 Å². The summed E-state index contributed by atoms with van der Waals surface area (Å²) in [6, 6.07) is 1.34. The van der Waals surface area contributed by atoms with Gasteiger partial charge < -0.3 is 15.4 Å². The molecule has 0 saturated carbocycles. The number of hydrogen-bond donors (Lipinski definition) is 1. The van der Waals surface area contributed by atoms with Gasteiger partial charge in [-0.15, -0.1) is 0 Å². The van der Waals surface area contributed by atoms with Crippen molar-refractivity contribution >= 4 is 11.5 Å². The van der Waals surface area contributed by atoms with Gasteiger partial charge in [-0.2, -0.15) is 0 Å². The summed E-state index contributed by atoms with van der Waals surface area (Å²) < 4.78 is 19.8. The van der Waals surface area contributed by atoms with Crippen molar-refractivity contribution in [1.82, 2.24) is 4.98 Å². The quantitative estimate of drug-likeness (QED) is 0.846. The smallest absolute Gasteiger partial charge is 0.167 e. The zero-order valence-electron chi connectivity index (χ0n) is 11.1. The average Bonchev–Trinajstić information content (AvgIpc) is 2.41. The molecule has 0 radical (unpaired) electrons. The minimum absolute atomic E-state index is 0.0407. The molecule has 3 rings (SSSR count). The molecule has 2 aliphatic heterocycles.